The summed E-state index contributed by atoms with van der Waals surface area (Å²) in [7, 11) is 1.66. The molecular formula is C11H15NO2. The molecule has 0 aromatic heterocycles. The van der Waals surface area contributed by atoms with Crippen LogP contribution in [0.3, 0.4) is 0 Å². The van der Waals surface area contributed by atoms with Gasteiger partial charge in [-0.25, -0.2) is 0 Å². The lowest BCUT2D eigenvalue weighted by Gasteiger charge is -2.11. The van der Waals surface area contributed by atoms with Gasteiger partial charge in [-0.15, -0.1) is 0 Å². The number of fused-ring (bicyclic) bond motifs is 1. The zero-order chi connectivity index (χ0) is 9.97. The van der Waals surface area contributed by atoms with Gasteiger partial charge in [0.2, 0.25) is 0 Å². The van der Waals surface area contributed by atoms with Gasteiger partial charge in [0.05, 0.1) is 19.3 Å². The quantitative estimate of drug-likeness (QED) is 0.786. The van der Waals surface area contributed by atoms with E-state index in [9.17, 15) is 0 Å². The monoisotopic (exact) mass is 193 g/mol. The molecule has 3 heteroatoms. The van der Waals surface area contributed by atoms with Crippen molar-refractivity contribution in [2.75, 3.05) is 20.3 Å². The Balaban J connectivity index is 2.19. The first kappa shape index (κ1) is 9.49. The molecule has 2 N–H and O–H groups in total. The first-order valence-corrected chi connectivity index (χ1v) is 4.81. The van der Waals surface area contributed by atoms with Crippen molar-refractivity contribution in [1.29, 1.82) is 0 Å². The fourth-order valence-electron chi connectivity index (χ4n) is 1.71. The third-order valence-electron chi connectivity index (χ3n) is 2.49. The van der Waals surface area contributed by atoms with E-state index in [0.29, 0.717) is 6.61 Å². The molecule has 0 bridgehead atoms. The summed E-state index contributed by atoms with van der Waals surface area (Å²) in [5, 5.41) is 0. The summed E-state index contributed by atoms with van der Waals surface area (Å²) in [6.07, 6.45) is 0.989. The molecule has 1 aliphatic rings. The first-order chi connectivity index (χ1) is 6.81. The van der Waals surface area contributed by atoms with Crippen LogP contribution in [0.2, 0.25) is 0 Å². The Labute approximate surface area is 83.8 Å². The third kappa shape index (κ3) is 1.74. The first-order valence-electron chi connectivity index (χ1n) is 4.81. The van der Waals surface area contributed by atoms with Crippen LogP contribution in [0, 0.1) is 0 Å². The van der Waals surface area contributed by atoms with Crippen LogP contribution in [-0.2, 0) is 11.2 Å². The molecule has 0 amide bonds. The lowest BCUT2D eigenvalue weighted by atomic mass is 10.0. The fourth-order valence-corrected chi connectivity index (χ4v) is 1.71. The van der Waals surface area contributed by atoms with E-state index in [-0.39, 0.29) is 6.04 Å². The maximum atomic E-state index is 5.93. The average Bonchev–Trinajstić information content (AvgIpc) is 2.64. The molecule has 1 aliphatic heterocycles. The zero-order valence-electron chi connectivity index (χ0n) is 8.32. The summed E-state index contributed by atoms with van der Waals surface area (Å²) < 4.78 is 10.4. The van der Waals surface area contributed by atoms with Crippen molar-refractivity contribution in [2.45, 2.75) is 12.5 Å². The van der Waals surface area contributed by atoms with Crippen LogP contribution in [0.1, 0.15) is 17.2 Å². The molecule has 1 unspecified atom stereocenters. The molecular weight excluding hydrogens is 178 g/mol. The molecule has 1 heterocycles. The van der Waals surface area contributed by atoms with Crippen molar-refractivity contribution in [1.82, 2.24) is 0 Å². The van der Waals surface area contributed by atoms with E-state index in [1.54, 1.807) is 7.11 Å². The van der Waals surface area contributed by atoms with E-state index in [2.05, 4.69) is 6.07 Å². The maximum absolute atomic E-state index is 5.93. The third-order valence-corrected chi connectivity index (χ3v) is 2.49. The molecule has 0 aliphatic carbocycles. The van der Waals surface area contributed by atoms with Crippen LogP contribution < -0.4 is 10.5 Å². The van der Waals surface area contributed by atoms with Crippen molar-refractivity contribution >= 4 is 0 Å². The highest BCUT2D eigenvalue weighted by Gasteiger charge is 2.14. The number of hydrogen-bond donors (Lipinski definition) is 1. The second-order valence-electron chi connectivity index (χ2n) is 3.53. The zero-order valence-corrected chi connectivity index (χ0v) is 8.32. The van der Waals surface area contributed by atoms with E-state index in [1.165, 1.54) is 5.56 Å². The summed E-state index contributed by atoms with van der Waals surface area (Å²) in [5.74, 6) is 0.998. The van der Waals surface area contributed by atoms with E-state index in [4.69, 9.17) is 15.2 Å². The largest absolute Gasteiger partial charge is 0.493 e. The Morgan fingerprint density at radius 1 is 1.57 bits per heavy atom. The molecule has 1 atom stereocenters. The Kier molecular flexibility index (Phi) is 2.70. The number of ether oxygens (including phenoxy) is 2. The van der Waals surface area contributed by atoms with Gasteiger partial charge in [0.1, 0.15) is 5.75 Å². The molecule has 2 rings (SSSR count). The van der Waals surface area contributed by atoms with Crippen molar-refractivity contribution in [3.8, 4) is 5.75 Å². The van der Waals surface area contributed by atoms with E-state index >= 15 is 0 Å². The summed E-state index contributed by atoms with van der Waals surface area (Å²) in [6, 6.07) is 6.08. The van der Waals surface area contributed by atoms with E-state index in [0.717, 1.165) is 24.3 Å². The standard InChI is InChI=1S/C11H15NO2/c1-13-7-10(12)8-2-3-11-9(6-8)4-5-14-11/h2-3,6,10H,4-5,7,12H2,1H3. The van der Waals surface area contributed by atoms with Crippen LogP contribution in [0.15, 0.2) is 18.2 Å². The van der Waals surface area contributed by atoms with Gasteiger partial charge in [0.15, 0.2) is 0 Å². The topological polar surface area (TPSA) is 44.5 Å². The minimum absolute atomic E-state index is 0.0362. The Hall–Kier alpha value is -1.06. The molecule has 3 nitrogen and oxygen atoms in total. The van der Waals surface area contributed by atoms with Gasteiger partial charge >= 0.3 is 0 Å². The van der Waals surface area contributed by atoms with Crippen LogP contribution in [0.25, 0.3) is 0 Å². The molecule has 76 valence electrons. The molecule has 1 aromatic rings. The van der Waals surface area contributed by atoms with Gasteiger partial charge in [0, 0.05) is 13.5 Å². The number of methoxy groups -OCH3 is 1. The van der Waals surface area contributed by atoms with Crippen molar-refractivity contribution in [3.63, 3.8) is 0 Å². The minimum atomic E-state index is -0.0362. The minimum Gasteiger partial charge on any atom is -0.493 e. The Morgan fingerprint density at radius 3 is 3.21 bits per heavy atom. The predicted molar refractivity (Wildman–Crippen MR) is 54.4 cm³/mol. The molecule has 0 saturated heterocycles. The fraction of sp³-hybridized carbons (Fsp3) is 0.455. The number of benzene rings is 1. The van der Waals surface area contributed by atoms with Gasteiger partial charge in [0.25, 0.3) is 0 Å². The van der Waals surface area contributed by atoms with Gasteiger partial charge in [-0.3, -0.25) is 0 Å². The lowest BCUT2D eigenvalue weighted by molar-refractivity contribution is 0.181. The molecule has 1 aromatic carbocycles. The van der Waals surface area contributed by atoms with Crippen molar-refractivity contribution < 1.29 is 9.47 Å². The SMILES string of the molecule is COCC(N)c1ccc2c(c1)CCO2. The maximum Gasteiger partial charge on any atom is 0.122 e. The average molecular weight is 193 g/mol. The Bertz CT molecular complexity index is 325. The van der Waals surface area contributed by atoms with Gasteiger partial charge < -0.3 is 15.2 Å². The van der Waals surface area contributed by atoms with Crippen molar-refractivity contribution in [3.05, 3.63) is 29.3 Å². The lowest BCUT2D eigenvalue weighted by Crippen LogP contribution is -2.16. The molecule has 0 radical (unpaired) electrons. The van der Waals surface area contributed by atoms with Crippen LogP contribution in [-0.4, -0.2) is 20.3 Å². The van der Waals surface area contributed by atoms with Crippen molar-refractivity contribution in [2.24, 2.45) is 5.73 Å². The number of rotatable bonds is 3. The van der Waals surface area contributed by atoms with Crippen LogP contribution in [0.5, 0.6) is 5.75 Å². The highest BCUT2D eigenvalue weighted by molar-refractivity contribution is 5.40. The summed E-state index contributed by atoms with van der Waals surface area (Å²) in [6.45, 7) is 1.35. The summed E-state index contributed by atoms with van der Waals surface area (Å²) in [5.41, 5.74) is 8.31. The van der Waals surface area contributed by atoms with Gasteiger partial charge in [-0.05, 0) is 17.2 Å². The van der Waals surface area contributed by atoms with Crippen LogP contribution in [0.4, 0.5) is 0 Å². The van der Waals surface area contributed by atoms with Gasteiger partial charge in [-0.1, -0.05) is 12.1 Å². The highest BCUT2D eigenvalue weighted by atomic mass is 16.5. The van der Waals surface area contributed by atoms with E-state index < -0.39 is 0 Å². The normalized spacial score (nSPS) is 16.1. The predicted octanol–water partition coefficient (Wildman–Crippen LogP) is 1.27. The second-order valence-corrected chi connectivity index (χ2v) is 3.53. The molecule has 0 saturated carbocycles. The summed E-state index contributed by atoms with van der Waals surface area (Å²) in [4.78, 5) is 0. The second kappa shape index (κ2) is 3.98. The number of hydrogen-bond acceptors (Lipinski definition) is 3. The Morgan fingerprint density at radius 2 is 2.43 bits per heavy atom. The van der Waals surface area contributed by atoms with E-state index in [1.807, 2.05) is 12.1 Å². The summed E-state index contributed by atoms with van der Waals surface area (Å²) >= 11 is 0. The molecule has 14 heavy (non-hydrogen) atoms. The molecule has 0 fully saturated rings. The smallest absolute Gasteiger partial charge is 0.122 e. The highest BCUT2D eigenvalue weighted by Crippen LogP contribution is 2.27. The molecule has 0 spiro atoms. The van der Waals surface area contributed by atoms with Crippen LogP contribution >= 0.6 is 0 Å². The number of nitrogens with two attached hydrogens (primary N) is 1. The van der Waals surface area contributed by atoms with Gasteiger partial charge in [-0.2, -0.15) is 0 Å².